The highest BCUT2D eigenvalue weighted by molar-refractivity contribution is 7.71. The monoisotopic (exact) mass is 307 g/mol. The van der Waals surface area contributed by atoms with Gasteiger partial charge in [-0.05, 0) is 43.5 Å². The Morgan fingerprint density at radius 2 is 1.86 bits per heavy atom. The molecule has 2 aromatic rings. The average Bonchev–Trinajstić information content (AvgIpc) is 2.83. The van der Waals surface area contributed by atoms with Gasteiger partial charge in [0.15, 0.2) is 4.77 Å². The van der Waals surface area contributed by atoms with Crippen LogP contribution in [0.4, 0.5) is 4.39 Å². The molecule has 0 amide bonds. The quantitative estimate of drug-likeness (QED) is 0.878. The average molecular weight is 307 g/mol. The van der Waals surface area contributed by atoms with Crippen LogP contribution in [-0.4, -0.2) is 57.8 Å². The van der Waals surface area contributed by atoms with E-state index in [2.05, 4.69) is 27.0 Å². The summed E-state index contributed by atoms with van der Waals surface area (Å²) >= 11 is 5.30. The van der Waals surface area contributed by atoms with Gasteiger partial charge < -0.3 is 4.90 Å². The van der Waals surface area contributed by atoms with E-state index >= 15 is 0 Å². The summed E-state index contributed by atoms with van der Waals surface area (Å²) in [5.74, 6) is 0.602. The lowest BCUT2D eigenvalue weighted by Gasteiger charge is -2.31. The normalized spacial score (nSPS) is 17.2. The van der Waals surface area contributed by atoms with Crippen molar-refractivity contribution in [1.82, 2.24) is 24.6 Å². The molecule has 112 valence electrons. The summed E-state index contributed by atoms with van der Waals surface area (Å²) in [5.41, 5.74) is 0.833. The molecule has 1 aromatic carbocycles. The molecule has 1 aromatic heterocycles. The topological polar surface area (TPSA) is 40.1 Å². The van der Waals surface area contributed by atoms with Crippen molar-refractivity contribution in [1.29, 1.82) is 0 Å². The third-order valence-electron chi connectivity index (χ3n) is 3.79. The van der Waals surface area contributed by atoms with Crippen molar-refractivity contribution in [2.24, 2.45) is 0 Å². The van der Waals surface area contributed by atoms with Crippen molar-refractivity contribution >= 4 is 12.2 Å². The first-order valence-corrected chi connectivity index (χ1v) is 7.37. The van der Waals surface area contributed by atoms with Crippen LogP contribution >= 0.6 is 12.2 Å². The van der Waals surface area contributed by atoms with E-state index < -0.39 is 0 Å². The summed E-state index contributed by atoms with van der Waals surface area (Å²) in [5, 5.41) is 7.16. The molecule has 5 nitrogen and oxygen atoms in total. The van der Waals surface area contributed by atoms with Gasteiger partial charge in [-0.15, -0.1) is 0 Å². The minimum absolute atomic E-state index is 0.255. The molecule has 1 fully saturated rings. The Morgan fingerprint density at radius 3 is 2.52 bits per heavy atom. The number of benzene rings is 1. The van der Waals surface area contributed by atoms with E-state index in [4.69, 9.17) is 12.2 Å². The van der Waals surface area contributed by atoms with E-state index in [0.29, 0.717) is 4.77 Å². The van der Waals surface area contributed by atoms with Gasteiger partial charge in [-0.25, -0.2) is 4.39 Å². The predicted molar refractivity (Wildman–Crippen MR) is 81.5 cm³/mol. The Labute approximate surface area is 128 Å². The predicted octanol–water partition coefficient (Wildman–Crippen LogP) is 1.82. The van der Waals surface area contributed by atoms with E-state index in [9.17, 15) is 4.39 Å². The van der Waals surface area contributed by atoms with Gasteiger partial charge in [-0.1, -0.05) is 0 Å². The number of aromatic amines is 1. The molecule has 0 spiro atoms. The number of H-pyrrole nitrogens is 1. The molecule has 1 saturated heterocycles. The maximum atomic E-state index is 13.1. The molecule has 1 aliphatic heterocycles. The van der Waals surface area contributed by atoms with Gasteiger partial charge >= 0.3 is 0 Å². The highest BCUT2D eigenvalue weighted by Gasteiger charge is 2.17. The maximum Gasteiger partial charge on any atom is 0.199 e. The molecule has 21 heavy (non-hydrogen) atoms. The summed E-state index contributed by atoms with van der Waals surface area (Å²) < 4.78 is 15.5. The van der Waals surface area contributed by atoms with Crippen LogP contribution in [0.2, 0.25) is 0 Å². The fourth-order valence-corrected chi connectivity index (χ4v) is 2.75. The highest BCUT2D eigenvalue weighted by atomic mass is 32.1. The largest absolute Gasteiger partial charge is 0.304 e. The first-order chi connectivity index (χ1) is 10.1. The molecular weight excluding hydrogens is 289 g/mol. The van der Waals surface area contributed by atoms with Crippen LogP contribution in [0.3, 0.4) is 0 Å². The number of piperazine rings is 1. The lowest BCUT2D eigenvalue weighted by Crippen LogP contribution is -2.44. The molecule has 0 bridgehead atoms. The van der Waals surface area contributed by atoms with Gasteiger partial charge in [0, 0.05) is 31.9 Å². The van der Waals surface area contributed by atoms with Crippen LogP contribution < -0.4 is 0 Å². The third kappa shape index (κ3) is 3.20. The molecule has 0 radical (unpaired) electrons. The lowest BCUT2D eigenvalue weighted by atomic mass is 10.3. The van der Waals surface area contributed by atoms with Crippen molar-refractivity contribution in [2.75, 3.05) is 33.2 Å². The molecule has 1 N–H and O–H groups in total. The van der Waals surface area contributed by atoms with E-state index in [1.54, 1.807) is 12.1 Å². The van der Waals surface area contributed by atoms with Gasteiger partial charge in [-0.3, -0.25) is 14.6 Å². The van der Waals surface area contributed by atoms with E-state index in [0.717, 1.165) is 44.2 Å². The number of hydrogen-bond donors (Lipinski definition) is 1. The molecule has 7 heteroatoms. The first kappa shape index (κ1) is 14.4. The summed E-state index contributed by atoms with van der Waals surface area (Å²) in [6.45, 7) is 4.88. The van der Waals surface area contributed by atoms with E-state index in [-0.39, 0.29) is 5.82 Å². The SMILES string of the molecule is CN1CCN(Cc2n[nH]c(=S)n2-c2ccc(F)cc2)CC1. The second kappa shape index (κ2) is 6.05. The zero-order chi connectivity index (χ0) is 14.8. The van der Waals surface area contributed by atoms with Gasteiger partial charge in [0.25, 0.3) is 0 Å². The van der Waals surface area contributed by atoms with E-state index in [1.165, 1.54) is 12.1 Å². The van der Waals surface area contributed by atoms with Gasteiger partial charge in [0.2, 0.25) is 0 Å². The molecule has 0 saturated carbocycles. The fraction of sp³-hybridized carbons (Fsp3) is 0.429. The number of nitrogens with zero attached hydrogens (tertiary/aromatic N) is 4. The number of likely N-dealkylation sites (N-methyl/N-ethyl adjacent to an activating group) is 1. The molecule has 0 aliphatic carbocycles. The van der Waals surface area contributed by atoms with Crippen molar-refractivity contribution in [3.05, 3.63) is 40.7 Å². The minimum Gasteiger partial charge on any atom is -0.304 e. The van der Waals surface area contributed by atoms with Crippen LogP contribution in [0.15, 0.2) is 24.3 Å². The number of nitrogens with one attached hydrogen (secondary N) is 1. The maximum absolute atomic E-state index is 13.1. The van der Waals surface area contributed by atoms with Crippen LogP contribution in [0.5, 0.6) is 0 Å². The van der Waals surface area contributed by atoms with Gasteiger partial charge in [-0.2, -0.15) is 5.10 Å². The van der Waals surface area contributed by atoms with Crippen molar-refractivity contribution in [3.8, 4) is 5.69 Å². The first-order valence-electron chi connectivity index (χ1n) is 6.96. The summed E-state index contributed by atoms with van der Waals surface area (Å²) in [4.78, 5) is 4.67. The summed E-state index contributed by atoms with van der Waals surface area (Å²) in [6.07, 6.45) is 0. The Bertz CT molecular complexity index is 655. The zero-order valence-corrected chi connectivity index (χ0v) is 12.7. The number of halogens is 1. The minimum atomic E-state index is -0.255. The number of aromatic nitrogens is 3. The molecular formula is C14H18FN5S. The molecule has 3 rings (SSSR count). The van der Waals surface area contributed by atoms with Crippen LogP contribution in [0, 0.1) is 10.6 Å². The molecule has 1 aliphatic rings. The van der Waals surface area contributed by atoms with Crippen LogP contribution in [0.1, 0.15) is 5.82 Å². The Morgan fingerprint density at radius 1 is 1.19 bits per heavy atom. The van der Waals surface area contributed by atoms with Crippen LogP contribution in [0.25, 0.3) is 5.69 Å². The zero-order valence-electron chi connectivity index (χ0n) is 11.9. The number of hydrogen-bond acceptors (Lipinski definition) is 4. The number of rotatable bonds is 3. The summed E-state index contributed by atoms with van der Waals surface area (Å²) in [7, 11) is 2.13. The highest BCUT2D eigenvalue weighted by Crippen LogP contribution is 2.14. The Balaban J connectivity index is 1.83. The molecule has 0 unspecified atom stereocenters. The standard InChI is InChI=1S/C14H18FN5S/c1-18-6-8-19(9-7-18)10-13-16-17-14(21)20(13)12-4-2-11(15)3-5-12/h2-5H,6-10H2,1H3,(H,17,21). The molecule has 0 atom stereocenters. The second-order valence-corrected chi connectivity index (χ2v) is 5.72. The van der Waals surface area contributed by atoms with Crippen molar-refractivity contribution < 1.29 is 4.39 Å². The van der Waals surface area contributed by atoms with Gasteiger partial charge in [0.1, 0.15) is 11.6 Å². The summed E-state index contributed by atoms with van der Waals surface area (Å²) in [6, 6.07) is 6.30. The fourth-order valence-electron chi connectivity index (χ4n) is 2.50. The van der Waals surface area contributed by atoms with Crippen LogP contribution in [-0.2, 0) is 6.54 Å². The van der Waals surface area contributed by atoms with Gasteiger partial charge in [0.05, 0.1) is 6.54 Å². The third-order valence-corrected chi connectivity index (χ3v) is 4.06. The van der Waals surface area contributed by atoms with Crippen molar-refractivity contribution in [2.45, 2.75) is 6.54 Å². The smallest absolute Gasteiger partial charge is 0.199 e. The second-order valence-electron chi connectivity index (χ2n) is 5.34. The van der Waals surface area contributed by atoms with Crippen molar-refractivity contribution in [3.63, 3.8) is 0 Å². The Kier molecular flexibility index (Phi) is 4.14. The Hall–Kier alpha value is -1.57. The lowest BCUT2D eigenvalue weighted by molar-refractivity contribution is 0.145. The van der Waals surface area contributed by atoms with E-state index in [1.807, 2.05) is 4.57 Å². The molecule has 2 heterocycles.